The number of esters is 1. The van der Waals surface area contributed by atoms with Crippen LogP contribution in [0.25, 0.3) is 12.2 Å². The smallest absolute Gasteiger partial charge is 0.340 e. The second-order valence-electron chi connectivity index (χ2n) is 5.50. The number of nitriles is 1. The first kappa shape index (κ1) is 20.2. The Morgan fingerprint density at radius 1 is 1.30 bits per heavy atom. The average Bonchev–Trinajstić information content (AvgIpc) is 2.65. The molecule has 0 aliphatic heterocycles. The molecule has 138 valence electrons. The van der Waals surface area contributed by atoms with Gasteiger partial charge in [-0.1, -0.05) is 54.2 Å². The summed E-state index contributed by atoms with van der Waals surface area (Å²) in [5, 5.41) is 10.0. The summed E-state index contributed by atoms with van der Waals surface area (Å²) in [5.74, 6) is -1.07. The van der Waals surface area contributed by atoms with Gasteiger partial charge in [0.1, 0.15) is 11.1 Å². The molecule has 0 spiro atoms. The zero-order chi connectivity index (χ0) is 19.8. The standard InChI is InChI=1S/C20H19N3O3S/c1-3-26-20(25)18-13(2)23-19(27-12-17(22)24)16(11-21)15(18)10-9-14-7-5-4-6-8-14/h4-10H,3,12H2,1-2H3,(H2,22,24)/b10-9+. The number of aryl methyl sites for hydroxylation is 1. The Morgan fingerprint density at radius 2 is 2.00 bits per heavy atom. The lowest BCUT2D eigenvalue weighted by Gasteiger charge is -2.13. The molecule has 0 saturated carbocycles. The van der Waals surface area contributed by atoms with Crippen LogP contribution in [0.1, 0.15) is 39.7 Å². The monoisotopic (exact) mass is 381 g/mol. The quantitative estimate of drug-likeness (QED) is 0.583. The van der Waals surface area contributed by atoms with Crippen molar-refractivity contribution in [3.8, 4) is 6.07 Å². The number of carbonyl (C=O) groups excluding carboxylic acids is 2. The van der Waals surface area contributed by atoms with E-state index in [4.69, 9.17) is 10.5 Å². The van der Waals surface area contributed by atoms with Crippen LogP contribution in [0.3, 0.4) is 0 Å². The lowest BCUT2D eigenvalue weighted by atomic mass is 10.0. The Kier molecular flexibility index (Phi) is 7.15. The van der Waals surface area contributed by atoms with E-state index >= 15 is 0 Å². The van der Waals surface area contributed by atoms with Crippen LogP contribution in [0.5, 0.6) is 0 Å². The highest BCUT2D eigenvalue weighted by atomic mass is 32.2. The van der Waals surface area contributed by atoms with Crippen LogP contribution >= 0.6 is 11.8 Å². The summed E-state index contributed by atoms with van der Waals surface area (Å²) in [4.78, 5) is 27.9. The SMILES string of the molecule is CCOC(=O)c1c(C)nc(SCC(N)=O)c(C#N)c1/C=C/c1ccccc1. The van der Waals surface area contributed by atoms with E-state index in [1.54, 1.807) is 26.0 Å². The highest BCUT2D eigenvalue weighted by Gasteiger charge is 2.22. The second-order valence-corrected chi connectivity index (χ2v) is 6.46. The van der Waals surface area contributed by atoms with Crippen molar-refractivity contribution in [1.82, 2.24) is 4.98 Å². The van der Waals surface area contributed by atoms with E-state index in [1.165, 1.54) is 0 Å². The minimum atomic E-state index is -0.543. The van der Waals surface area contributed by atoms with Crippen molar-refractivity contribution < 1.29 is 14.3 Å². The normalized spacial score (nSPS) is 10.6. The molecule has 0 aliphatic carbocycles. The van der Waals surface area contributed by atoms with Gasteiger partial charge >= 0.3 is 5.97 Å². The molecule has 0 saturated heterocycles. The first-order valence-electron chi connectivity index (χ1n) is 8.24. The largest absolute Gasteiger partial charge is 0.462 e. The first-order chi connectivity index (χ1) is 13.0. The number of nitrogens with zero attached hydrogens (tertiary/aromatic N) is 2. The number of thioether (sulfide) groups is 1. The number of benzene rings is 1. The molecule has 0 bridgehead atoms. The molecule has 1 aromatic heterocycles. The van der Waals surface area contributed by atoms with E-state index in [-0.39, 0.29) is 23.5 Å². The van der Waals surface area contributed by atoms with Crippen molar-refractivity contribution in [2.75, 3.05) is 12.4 Å². The van der Waals surface area contributed by atoms with Crippen molar-refractivity contribution in [1.29, 1.82) is 5.26 Å². The molecule has 27 heavy (non-hydrogen) atoms. The van der Waals surface area contributed by atoms with Crippen LogP contribution in [-0.4, -0.2) is 29.2 Å². The Balaban J connectivity index is 2.62. The van der Waals surface area contributed by atoms with Gasteiger partial charge in [-0.05, 0) is 19.4 Å². The van der Waals surface area contributed by atoms with E-state index < -0.39 is 11.9 Å². The number of amides is 1. The molecule has 0 aliphatic rings. The zero-order valence-corrected chi connectivity index (χ0v) is 15.9. The van der Waals surface area contributed by atoms with E-state index in [0.717, 1.165) is 17.3 Å². The predicted octanol–water partition coefficient (Wildman–Crippen LogP) is 3.19. The second kappa shape index (κ2) is 9.55. The van der Waals surface area contributed by atoms with Crippen LogP contribution in [-0.2, 0) is 9.53 Å². The van der Waals surface area contributed by atoms with E-state index in [0.29, 0.717) is 16.3 Å². The molecule has 6 nitrogen and oxygen atoms in total. The van der Waals surface area contributed by atoms with Gasteiger partial charge < -0.3 is 10.5 Å². The van der Waals surface area contributed by atoms with Gasteiger partial charge in [0.15, 0.2) is 0 Å². The third kappa shape index (κ3) is 5.19. The summed E-state index contributed by atoms with van der Waals surface area (Å²) in [6.45, 7) is 3.59. The molecule has 1 aromatic carbocycles. The Bertz CT molecular complexity index is 918. The third-order valence-corrected chi connectivity index (χ3v) is 4.57. The van der Waals surface area contributed by atoms with Crippen molar-refractivity contribution in [3.63, 3.8) is 0 Å². The number of rotatable bonds is 7. The van der Waals surface area contributed by atoms with Crippen molar-refractivity contribution in [3.05, 3.63) is 58.3 Å². The van der Waals surface area contributed by atoms with E-state index in [9.17, 15) is 14.9 Å². The van der Waals surface area contributed by atoms with Crippen molar-refractivity contribution >= 4 is 35.8 Å². The number of hydrogen-bond donors (Lipinski definition) is 1. The van der Waals surface area contributed by atoms with Crippen molar-refractivity contribution in [2.24, 2.45) is 5.73 Å². The maximum absolute atomic E-state index is 12.5. The number of aromatic nitrogens is 1. The van der Waals surface area contributed by atoms with E-state index in [2.05, 4.69) is 11.1 Å². The lowest BCUT2D eigenvalue weighted by Crippen LogP contribution is -2.15. The number of carbonyl (C=O) groups is 2. The summed E-state index contributed by atoms with van der Waals surface area (Å²) >= 11 is 1.07. The maximum atomic E-state index is 12.5. The summed E-state index contributed by atoms with van der Waals surface area (Å²) < 4.78 is 5.14. The predicted molar refractivity (Wildman–Crippen MR) is 105 cm³/mol. The molecule has 1 amide bonds. The fourth-order valence-corrected chi connectivity index (χ4v) is 3.20. The summed E-state index contributed by atoms with van der Waals surface area (Å²) in [5.41, 5.74) is 7.40. The number of nitrogens with two attached hydrogens (primary N) is 1. The van der Waals surface area contributed by atoms with Crippen LogP contribution in [0.4, 0.5) is 0 Å². The van der Waals surface area contributed by atoms with Crippen LogP contribution in [0.2, 0.25) is 0 Å². The Hall–Kier alpha value is -3.11. The third-order valence-electron chi connectivity index (χ3n) is 3.57. The van der Waals surface area contributed by atoms with Gasteiger partial charge in [-0.25, -0.2) is 9.78 Å². The van der Waals surface area contributed by atoms with Gasteiger partial charge in [-0.3, -0.25) is 4.79 Å². The molecule has 0 atom stereocenters. The minimum absolute atomic E-state index is 0.0122. The first-order valence-corrected chi connectivity index (χ1v) is 9.22. The maximum Gasteiger partial charge on any atom is 0.340 e. The Morgan fingerprint density at radius 3 is 2.59 bits per heavy atom. The summed E-state index contributed by atoms with van der Waals surface area (Å²) in [6, 6.07) is 11.6. The number of pyridine rings is 1. The molecule has 2 aromatic rings. The fourth-order valence-electron chi connectivity index (χ4n) is 2.42. The summed E-state index contributed by atoms with van der Waals surface area (Å²) in [6.07, 6.45) is 3.50. The lowest BCUT2D eigenvalue weighted by molar-refractivity contribution is -0.115. The highest BCUT2D eigenvalue weighted by Crippen LogP contribution is 2.29. The van der Waals surface area contributed by atoms with Crippen LogP contribution in [0.15, 0.2) is 35.4 Å². The minimum Gasteiger partial charge on any atom is -0.462 e. The molecule has 1 heterocycles. The number of hydrogen-bond acceptors (Lipinski definition) is 6. The molecule has 0 fully saturated rings. The zero-order valence-electron chi connectivity index (χ0n) is 15.1. The van der Waals surface area contributed by atoms with Crippen LogP contribution < -0.4 is 5.73 Å². The molecule has 2 N–H and O–H groups in total. The molecule has 2 rings (SSSR count). The molecular weight excluding hydrogens is 362 g/mol. The van der Waals surface area contributed by atoms with Crippen molar-refractivity contribution in [2.45, 2.75) is 18.9 Å². The molecular formula is C20H19N3O3S. The van der Waals surface area contributed by atoms with Gasteiger partial charge in [0.2, 0.25) is 5.91 Å². The fraction of sp³-hybridized carbons (Fsp3) is 0.200. The molecule has 0 radical (unpaired) electrons. The molecule has 0 unspecified atom stereocenters. The van der Waals surface area contributed by atoms with Crippen LogP contribution in [0, 0.1) is 18.3 Å². The molecule has 7 heteroatoms. The number of ether oxygens (including phenoxy) is 1. The van der Waals surface area contributed by atoms with Gasteiger partial charge in [0.25, 0.3) is 0 Å². The average molecular weight is 381 g/mol. The number of primary amides is 1. The van der Waals surface area contributed by atoms with Gasteiger partial charge in [0, 0.05) is 5.56 Å². The summed E-state index contributed by atoms with van der Waals surface area (Å²) in [7, 11) is 0. The topological polar surface area (TPSA) is 106 Å². The Labute approximate surface area is 162 Å². The highest BCUT2D eigenvalue weighted by molar-refractivity contribution is 8.00. The van der Waals surface area contributed by atoms with Gasteiger partial charge in [0.05, 0.1) is 29.2 Å². The van der Waals surface area contributed by atoms with Gasteiger partial charge in [-0.15, -0.1) is 0 Å². The van der Waals surface area contributed by atoms with Gasteiger partial charge in [-0.2, -0.15) is 5.26 Å². The van der Waals surface area contributed by atoms with E-state index in [1.807, 2.05) is 30.3 Å².